The number of ether oxygens (including phenoxy) is 2. The molecule has 4 heteroatoms. The first kappa shape index (κ1) is 25.9. The van der Waals surface area contributed by atoms with Crippen LogP contribution in [0.15, 0.2) is 144 Å². The maximum atomic E-state index is 11.6. The summed E-state index contributed by atoms with van der Waals surface area (Å²) in [5, 5.41) is 23.2. The Morgan fingerprint density at radius 1 is 0.595 bits per heavy atom. The first-order valence-corrected chi connectivity index (χ1v) is 14.1. The summed E-state index contributed by atoms with van der Waals surface area (Å²) in [5.74, 6) is 2.62. The molecule has 4 aromatic carbocycles. The molecule has 42 heavy (non-hydrogen) atoms. The van der Waals surface area contributed by atoms with Crippen LogP contribution < -0.4 is 9.47 Å². The molecular weight excluding hydrogens is 520 g/mol. The zero-order chi connectivity index (χ0) is 28.8. The van der Waals surface area contributed by atoms with E-state index in [1.54, 1.807) is 0 Å². The van der Waals surface area contributed by atoms with Crippen LogP contribution in [-0.2, 0) is 0 Å². The fraction of sp³-hybridized carbons (Fsp3) is 0.105. The van der Waals surface area contributed by atoms with Gasteiger partial charge in [0.15, 0.2) is 0 Å². The maximum absolute atomic E-state index is 11.6. The number of hydrogen-bond donors (Lipinski definition) is 2. The van der Waals surface area contributed by atoms with Gasteiger partial charge in [-0.15, -0.1) is 0 Å². The minimum absolute atomic E-state index is 0.190. The predicted molar refractivity (Wildman–Crippen MR) is 167 cm³/mol. The number of benzene rings is 4. The molecule has 0 fully saturated rings. The molecule has 4 aromatic rings. The van der Waals surface area contributed by atoms with Crippen LogP contribution in [-0.4, -0.2) is 16.3 Å². The second-order valence-corrected chi connectivity index (χ2v) is 10.8. The van der Waals surface area contributed by atoms with Gasteiger partial charge in [-0.1, -0.05) is 103 Å². The van der Waals surface area contributed by atoms with Gasteiger partial charge in [0, 0.05) is 27.8 Å². The van der Waals surface area contributed by atoms with Gasteiger partial charge in [0.1, 0.15) is 28.8 Å². The van der Waals surface area contributed by atoms with E-state index in [2.05, 4.69) is 0 Å². The van der Waals surface area contributed by atoms with E-state index >= 15 is 0 Å². The van der Waals surface area contributed by atoms with E-state index in [9.17, 15) is 10.2 Å². The highest BCUT2D eigenvalue weighted by Crippen LogP contribution is 2.49. The third-order valence-electron chi connectivity index (χ3n) is 8.34. The Labute approximate surface area is 245 Å². The molecule has 2 aliphatic heterocycles. The quantitative estimate of drug-likeness (QED) is 0.267. The molecule has 7 rings (SSSR count). The molecule has 0 radical (unpaired) electrons. The van der Waals surface area contributed by atoms with E-state index in [1.165, 1.54) is 0 Å². The third-order valence-corrected chi connectivity index (χ3v) is 8.34. The molecule has 2 N–H and O–H groups in total. The van der Waals surface area contributed by atoms with Crippen molar-refractivity contribution in [3.63, 3.8) is 0 Å². The lowest BCUT2D eigenvalue weighted by molar-refractivity contribution is 0.106. The maximum Gasteiger partial charge on any atom is 0.135 e. The topological polar surface area (TPSA) is 58.9 Å². The summed E-state index contributed by atoms with van der Waals surface area (Å²) in [5.41, 5.74) is 7.92. The van der Waals surface area contributed by atoms with Crippen molar-refractivity contribution in [3.8, 4) is 11.5 Å². The molecular formula is C38H30O4. The Morgan fingerprint density at radius 3 is 1.57 bits per heavy atom. The van der Waals surface area contributed by atoms with Crippen LogP contribution in [0, 0.1) is 5.92 Å². The fourth-order valence-corrected chi connectivity index (χ4v) is 6.10. The lowest BCUT2D eigenvalue weighted by atomic mass is 9.70. The van der Waals surface area contributed by atoms with Gasteiger partial charge in [-0.05, 0) is 54.9 Å². The van der Waals surface area contributed by atoms with Crippen LogP contribution in [0.4, 0.5) is 0 Å². The van der Waals surface area contributed by atoms with Crippen molar-refractivity contribution < 1.29 is 19.7 Å². The van der Waals surface area contributed by atoms with Gasteiger partial charge >= 0.3 is 0 Å². The average Bonchev–Trinajstić information content (AvgIpc) is 3.04. The number of allylic oxidation sites excluding steroid dienone is 4. The van der Waals surface area contributed by atoms with E-state index in [0.29, 0.717) is 5.57 Å². The molecule has 0 bridgehead atoms. The molecule has 0 saturated heterocycles. The van der Waals surface area contributed by atoms with Crippen LogP contribution in [0.3, 0.4) is 0 Å². The summed E-state index contributed by atoms with van der Waals surface area (Å²) >= 11 is 0. The molecule has 0 aromatic heterocycles. The Kier molecular flexibility index (Phi) is 6.41. The monoisotopic (exact) mass is 550 g/mol. The molecule has 0 spiro atoms. The lowest BCUT2D eigenvalue weighted by Crippen LogP contribution is -2.38. The number of hydrogen-bond acceptors (Lipinski definition) is 4. The molecule has 206 valence electrons. The highest BCUT2D eigenvalue weighted by Gasteiger charge is 2.43. The Balaban J connectivity index is 1.33. The summed E-state index contributed by atoms with van der Waals surface area (Å²) < 4.78 is 12.5. The summed E-state index contributed by atoms with van der Waals surface area (Å²) in [6.45, 7) is 3.94. The van der Waals surface area contributed by atoms with E-state index in [-0.39, 0.29) is 5.76 Å². The van der Waals surface area contributed by atoms with Crippen molar-refractivity contribution in [1.82, 2.24) is 0 Å². The average molecular weight is 551 g/mol. The molecule has 0 amide bonds. The summed E-state index contributed by atoms with van der Waals surface area (Å²) in [4.78, 5) is 0. The first-order chi connectivity index (χ1) is 20.5. The second-order valence-electron chi connectivity index (χ2n) is 10.8. The van der Waals surface area contributed by atoms with Crippen LogP contribution in [0.5, 0.6) is 11.5 Å². The molecule has 2 unspecified atom stereocenters. The number of fused-ring (bicyclic) bond motifs is 2. The number of para-hydroxylation sites is 2. The van der Waals surface area contributed by atoms with Gasteiger partial charge in [-0.25, -0.2) is 0 Å². The van der Waals surface area contributed by atoms with E-state index < -0.39 is 12.0 Å². The summed E-state index contributed by atoms with van der Waals surface area (Å²) in [6.07, 6.45) is 3.15. The van der Waals surface area contributed by atoms with Crippen molar-refractivity contribution in [2.24, 2.45) is 5.92 Å². The number of aliphatic hydroxyl groups is 2. The Morgan fingerprint density at radius 2 is 1.05 bits per heavy atom. The minimum Gasteiger partial charge on any atom is -0.511 e. The fourth-order valence-electron chi connectivity index (χ4n) is 6.10. The smallest absolute Gasteiger partial charge is 0.135 e. The molecule has 2 heterocycles. The third kappa shape index (κ3) is 4.28. The second kappa shape index (κ2) is 10.4. The van der Waals surface area contributed by atoms with Crippen molar-refractivity contribution in [3.05, 3.63) is 166 Å². The van der Waals surface area contributed by atoms with Crippen LogP contribution in [0.1, 0.15) is 36.1 Å². The van der Waals surface area contributed by atoms with Gasteiger partial charge in [0.05, 0.1) is 12.0 Å². The van der Waals surface area contributed by atoms with Crippen LogP contribution in [0.2, 0.25) is 0 Å². The van der Waals surface area contributed by atoms with Crippen molar-refractivity contribution in [2.45, 2.75) is 20.0 Å². The summed E-state index contributed by atoms with van der Waals surface area (Å²) in [6, 6.07) is 35.7. The van der Waals surface area contributed by atoms with Crippen molar-refractivity contribution >= 4 is 22.7 Å². The highest BCUT2D eigenvalue weighted by molar-refractivity contribution is 5.93. The van der Waals surface area contributed by atoms with Gasteiger partial charge in [0.25, 0.3) is 0 Å². The predicted octanol–water partition coefficient (Wildman–Crippen LogP) is 8.60. The van der Waals surface area contributed by atoms with E-state index in [4.69, 9.17) is 9.47 Å². The summed E-state index contributed by atoms with van der Waals surface area (Å²) in [7, 11) is 0. The standard InChI is InChI=1S/C38H30O4/c1-23(29-21-33(25-13-5-3-6-14-25)41-31-19-11-9-17-27(29)31)35-37(39)36(38(35)40)24(2)30-22-34(26-15-7-4-8-16-26)42-32-20-12-10-18-28(30)32/h3-22,35,37,39-40H,1-2H3/b29-23-,30-24-. The lowest BCUT2D eigenvalue weighted by Gasteiger charge is -2.39. The van der Waals surface area contributed by atoms with Gasteiger partial charge < -0.3 is 19.7 Å². The van der Waals surface area contributed by atoms with E-state index in [1.807, 2.05) is 135 Å². The molecule has 2 atom stereocenters. The van der Waals surface area contributed by atoms with Crippen LogP contribution in [0.25, 0.3) is 22.7 Å². The zero-order valence-corrected chi connectivity index (χ0v) is 23.4. The van der Waals surface area contributed by atoms with Crippen LogP contribution >= 0.6 is 0 Å². The van der Waals surface area contributed by atoms with Gasteiger partial charge in [0.2, 0.25) is 0 Å². The molecule has 3 aliphatic rings. The number of aliphatic hydroxyl groups excluding tert-OH is 2. The Hall–Kier alpha value is -5.06. The molecule has 1 aliphatic carbocycles. The normalized spacial score (nSPS) is 21.5. The van der Waals surface area contributed by atoms with Crippen molar-refractivity contribution in [1.29, 1.82) is 0 Å². The van der Waals surface area contributed by atoms with Gasteiger partial charge in [-0.2, -0.15) is 0 Å². The van der Waals surface area contributed by atoms with E-state index in [0.717, 1.165) is 67.6 Å². The largest absolute Gasteiger partial charge is 0.511 e. The van der Waals surface area contributed by atoms with Gasteiger partial charge in [-0.3, -0.25) is 0 Å². The molecule has 4 nitrogen and oxygen atoms in total. The molecule has 0 saturated carbocycles. The number of rotatable bonds is 4. The minimum atomic E-state index is -0.864. The Bertz CT molecular complexity index is 1860. The zero-order valence-electron chi connectivity index (χ0n) is 23.4. The SMILES string of the molecule is C/C(C1=C(O)C(/C(C)=C2/C=C(c3ccccc3)Oc3ccccc32)C1O)=C1\C=C(c2ccccc2)Oc2ccccc21. The first-order valence-electron chi connectivity index (χ1n) is 14.1. The van der Waals surface area contributed by atoms with Crippen molar-refractivity contribution in [2.75, 3.05) is 0 Å². The highest BCUT2D eigenvalue weighted by atomic mass is 16.5.